The molecule has 0 saturated carbocycles. The van der Waals surface area contributed by atoms with Crippen molar-refractivity contribution in [3.63, 3.8) is 0 Å². The van der Waals surface area contributed by atoms with Gasteiger partial charge < -0.3 is 14.6 Å². The third-order valence-electron chi connectivity index (χ3n) is 3.43. The maximum Gasteiger partial charge on any atom is 0.232 e. The van der Waals surface area contributed by atoms with Crippen LogP contribution in [0.5, 0.6) is 5.75 Å². The van der Waals surface area contributed by atoms with Gasteiger partial charge in [-0.15, -0.1) is 0 Å². The van der Waals surface area contributed by atoms with Gasteiger partial charge >= 0.3 is 0 Å². The summed E-state index contributed by atoms with van der Waals surface area (Å²) in [6, 6.07) is 15.2. The van der Waals surface area contributed by atoms with Crippen molar-refractivity contribution in [2.75, 3.05) is 7.11 Å². The first-order valence-corrected chi connectivity index (χ1v) is 6.47. The van der Waals surface area contributed by atoms with E-state index >= 15 is 0 Å². The van der Waals surface area contributed by atoms with Gasteiger partial charge in [0.05, 0.1) is 7.11 Å². The topological polar surface area (TPSA) is 38.7 Å². The fraction of sp³-hybridized carbons (Fsp3) is 0.176. The first kappa shape index (κ1) is 12.8. The quantitative estimate of drug-likeness (QED) is 0.907. The van der Waals surface area contributed by atoms with Gasteiger partial charge in [0, 0.05) is 18.1 Å². The van der Waals surface area contributed by atoms with Crippen molar-refractivity contribution in [3.05, 3.63) is 65.2 Å². The summed E-state index contributed by atoms with van der Waals surface area (Å²) in [5, 5.41) is 10.5. The summed E-state index contributed by atoms with van der Waals surface area (Å²) in [4.78, 5) is 0. The van der Waals surface area contributed by atoms with E-state index in [-0.39, 0.29) is 0 Å². The average molecular weight is 268 g/mol. The Labute approximate surface area is 118 Å². The monoisotopic (exact) mass is 268 g/mol. The maximum atomic E-state index is 10.5. The standard InChI is InChI=1S/C17H16O3/c1-17(18)15-6-4-3-5-13(15)11-16(20-17)12-7-9-14(19-2)10-8-12/h3-11,18H,1-2H3. The number of hydrogen-bond donors (Lipinski definition) is 1. The highest BCUT2D eigenvalue weighted by molar-refractivity contribution is 5.80. The third kappa shape index (κ3) is 2.17. The van der Waals surface area contributed by atoms with Crippen LogP contribution in [0.4, 0.5) is 0 Å². The summed E-state index contributed by atoms with van der Waals surface area (Å²) in [5.74, 6) is 0.120. The predicted octanol–water partition coefficient (Wildman–Crippen LogP) is 3.39. The second-order valence-corrected chi connectivity index (χ2v) is 4.91. The maximum absolute atomic E-state index is 10.5. The van der Waals surface area contributed by atoms with Crippen LogP contribution < -0.4 is 4.74 Å². The minimum absolute atomic E-state index is 0.649. The molecule has 2 aromatic carbocycles. The van der Waals surface area contributed by atoms with Gasteiger partial charge in [0.1, 0.15) is 11.5 Å². The Morgan fingerprint density at radius 2 is 1.75 bits per heavy atom. The zero-order chi connectivity index (χ0) is 14.2. The Hall–Kier alpha value is -2.26. The molecule has 3 heteroatoms. The van der Waals surface area contributed by atoms with Gasteiger partial charge in [-0.2, -0.15) is 0 Å². The highest BCUT2D eigenvalue weighted by Crippen LogP contribution is 2.38. The molecule has 0 radical (unpaired) electrons. The normalized spacial score (nSPS) is 20.6. The van der Waals surface area contributed by atoms with Gasteiger partial charge in [-0.3, -0.25) is 0 Å². The van der Waals surface area contributed by atoms with Crippen molar-refractivity contribution >= 4 is 11.8 Å². The molecule has 0 spiro atoms. The van der Waals surface area contributed by atoms with Crippen LogP contribution in [0.3, 0.4) is 0 Å². The fourth-order valence-electron chi connectivity index (χ4n) is 2.38. The molecule has 0 bridgehead atoms. The Bertz CT molecular complexity index is 654. The number of methoxy groups -OCH3 is 1. The summed E-state index contributed by atoms with van der Waals surface area (Å²) in [5.41, 5.74) is 2.65. The number of aliphatic hydroxyl groups is 1. The molecular weight excluding hydrogens is 252 g/mol. The Morgan fingerprint density at radius 3 is 2.45 bits per heavy atom. The van der Waals surface area contributed by atoms with E-state index < -0.39 is 5.79 Å². The molecule has 0 saturated heterocycles. The van der Waals surface area contributed by atoms with Gasteiger partial charge in [-0.1, -0.05) is 24.3 Å². The first-order valence-electron chi connectivity index (χ1n) is 6.47. The van der Waals surface area contributed by atoms with Crippen LogP contribution >= 0.6 is 0 Å². The van der Waals surface area contributed by atoms with Crippen molar-refractivity contribution in [1.29, 1.82) is 0 Å². The molecule has 1 unspecified atom stereocenters. The lowest BCUT2D eigenvalue weighted by atomic mass is 9.96. The van der Waals surface area contributed by atoms with Gasteiger partial charge in [0.25, 0.3) is 0 Å². The minimum Gasteiger partial charge on any atom is -0.497 e. The first-order chi connectivity index (χ1) is 9.60. The van der Waals surface area contributed by atoms with Crippen molar-refractivity contribution < 1.29 is 14.6 Å². The van der Waals surface area contributed by atoms with Crippen LogP contribution in [0.1, 0.15) is 23.6 Å². The largest absolute Gasteiger partial charge is 0.497 e. The lowest BCUT2D eigenvalue weighted by Gasteiger charge is -2.32. The van der Waals surface area contributed by atoms with Crippen molar-refractivity contribution in [1.82, 2.24) is 0 Å². The summed E-state index contributed by atoms with van der Waals surface area (Å²) < 4.78 is 10.9. The molecule has 2 aromatic rings. The highest BCUT2D eigenvalue weighted by atomic mass is 16.6. The smallest absolute Gasteiger partial charge is 0.232 e. The van der Waals surface area contributed by atoms with Gasteiger partial charge in [-0.25, -0.2) is 0 Å². The molecule has 0 fully saturated rings. The van der Waals surface area contributed by atoms with Crippen molar-refractivity contribution in [2.45, 2.75) is 12.7 Å². The number of rotatable bonds is 2. The molecule has 1 aliphatic heterocycles. The number of fused-ring (bicyclic) bond motifs is 1. The van der Waals surface area contributed by atoms with E-state index in [9.17, 15) is 5.11 Å². The molecule has 1 aliphatic rings. The summed E-state index contributed by atoms with van der Waals surface area (Å²) in [7, 11) is 1.63. The zero-order valence-corrected chi connectivity index (χ0v) is 11.5. The van der Waals surface area contributed by atoms with Gasteiger partial charge in [-0.05, 0) is 35.9 Å². The van der Waals surface area contributed by atoms with E-state index in [0.717, 1.165) is 22.4 Å². The predicted molar refractivity (Wildman–Crippen MR) is 78.0 cm³/mol. The van der Waals surface area contributed by atoms with Crippen LogP contribution in [0.2, 0.25) is 0 Å². The summed E-state index contributed by atoms with van der Waals surface area (Å²) in [6.45, 7) is 1.66. The second kappa shape index (κ2) is 4.69. The van der Waals surface area contributed by atoms with Gasteiger partial charge in [0.2, 0.25) is 5.79 Å². The van der Waals surface area contributed by atoms with Crippen LogP contribution in [0.25, 0.3) is 11.8 Å². The highest BCUT2D eigenvalue weighted by Gasteiger charge is 2.32. The number of benzene rings is 2. The Balaban J connectivity index is 2.05. The van der Waals surface area contributed by atoms with E-state index in [1.54, 1.807) is 14.0 Å². The van der Waals surface area contributed by atoms with E-state index in [1.807, 2.05) is 54.6 Å². The van der Waals surface area contributed by atoms with Crippen LogP contribution in [-0.4, -0.2) is 12.2 Å². The van der Waals surface area contributed by atoms with E-state index in [4.69, 9.17) is 9.47 Å². The van der Waals surface area contributed by atoms with Crippen LogP contribution in [0, 0.1) is 0 Å². The molecule has 0 amide bonds. The molecule has 20 heavy (non-hydrogen) atoms. The SMILES string of the molecule is COc1ccc(C2=Cc3ccccc3C(C)(O)O2)cc1. The summed E-state index contributed by atoms with van der Waals surface area (Å²) >= 11 is 0. The van der Waals surface area contributed by atoms with Crippen molar-refractivity contribution in [2.24, 2.45) is 0 Å². The van der Waals surface area contributed by atoms with Crippen LogP contribution in [0.15, 0.2) is 48.5 Å². The number of ether oxygens (including phenoxy) is 2. The average Bonchev–Trinajstić information content (AvgIpc) is 2.47. The second-order valence-electron chi connectivity index (χ2n) is 4.91. The molecule has 1 heterocycles. The Kier molecular flexibility index (Phi) is 2.99. The van der Waals surface area contributed by atoms with E-state index in [0.29, 0.717) is 5.76 Å². The molecule has 0 aliphatic carbocycles. The Morgan fingerprint density at radius 1 is 1.05 bits per heavy atom. The lowest BCUT2D eigenvalue weighted by molar-refractivity contribution is -0.150. The molecule has 0 aromatic heterocycles. The fourth-order valence-corrected chi connectivity index (χ4v) is 2.38. The minimum atomic E-state index is -1.32. The van der Waals surface area contributed by atoms with Crippen molar-refractivity contribution in [3.8, 4) is 5.75 Å². The summed E-state index contributed by atoms with van der Waals surface area (Å²) in [6.07, 6.45) is 1.94. The van der Waals surface area contributed by atoms with Gasteiger partial charge in [0.15, 0.2) is 0 Å². The molecule has 3 rings (SSSR count). The van der Waals surface area contributed by atoms with E-state index in [2.05, 4.69) is 0 Å². The molecule has 3 nitrogen and oxygen atoms in total. The van der Waals surface area contributed by atoms with E-state index in [1.165, 1.54) is 0 Å². The van der Waals surface area contributed by atoms with Crippen LogP contribution in [-0.2, 0) is 10.5 Å². The third-order valence-corrected chi connectivity index (χ3v) is 3.43. The molecule has 102 valence electrons. The molecule has 1 atom stereocenters. The number of hydrogen-bond acceptors (Lipinski definition) is 3. The molecule has 1 N–H and O–H groups in total. The zero-order valence-electron chi connectivity index (χ0n) is 11.5. The lowest BCUT2D eigenvalue weighted by Crippen LogP contribution is -2.28. The molecular formula is C17H16O3.